The minimum atomic E-state index is -0.622. The van der Waals surface area contributed by atoms with Crippen molar-refractivity contribution in [3.63, 3.8) is 0 Å². The first kappa shape index (κ1) is 24.9. The molecule has 1 atom stereocenters. The fourth-order valence-corrected chi connectivity index (χ4v) is 4.84. The van der Waals surface area contributed by atoms with E-state index in [4.69, 9.17) is 27.9 Å². The molecule has 1 aliphatic rings. The lowest BCUT2D eigenvalue weighted by molar-refractivity contribution is -0.143. The number of benzene rings is 2. The van der Waals surface area contributed by atoms with E-state index in [0.717, 1.165) is 35.7 Å². The summed E-state index contributed by atoms with van der Waals surface area (Å²) in [7, 11) is 0. The van der Waals surface area contributed by atoms with Crippen LogP contribution in [0.2, 0.25) is 10.0 Å². The van der Waals surface area contributed by atoms with Gasteiger partial charge in [-0.2, -0.15) is 0 Å². The fraction of sp³-hybridized carbons (Fsp3) is 0.417. The largest absolute Gasteiger partial charge is 0.482 e. The number of hydrogen-bond acceptors (Lipinski definition) is 3. The van der Waals surface area contributed by atoms with Crippen molar-refractivity contribution in [2.45, 2.75) is 57.7 Å². The summed E-state index contributed by atoms with van der Waals surface area (Å²) in [5, 5.41) is 4.07. The van der Waals surface area contributed by atoms with E-state index in [0.29, 0.717) is 22.2 Å². The van der Waals surface area contributed by atoms with Crippen LogP contribution < -0.4 is 10.1 Å². The van der Waals surface area contributed by atoms with E-state index in [1.54, 1.807) is 29.2 Å². The van der Waals surface area contributed by atoms with Crippen LogP contribution in [-0.2, 0) is 16.1 Å². The van der Waals surface area contributed by atoms with Gasteiger partial charge < -0.3 is 15.0 Å². The molecular formula is C24H27BrCl2N2O3. The summed E-state index contributed by atoms with van der Waals surface area (Å²) in [6.07, 6.45) is 4.67. The van der Waals surface area contributed by atoms with Gasteiger partial charge in [-0.15, -0.1) is 0 Å². The summed E-state index contributed by atoms with van der Waals surface area (Å²) in [5.41, 5.74) is 0.774. The second-order valence-electron chi connectivity index (χ2n) is 7.89. The van der Waals surface area contributed by atoms with Crippen LogP contribution in [0.3, 0.4) is 0 Å². The molecule has 5 nitrogen and oxygen atoms in total. The van der Waals surface area contributed by atoms with Gasteiger partial charge in [-0.1, -0.05) is 77.1 Å². The number of nitrogens with one attached hydrogen (secondary N) is 1. The number of carbonyl (C=O) groups is 2. The van der Waals surface area contributed by atoms with E-state index in [1.807, 2.05) is 25.1 Å². The van der Waals surface area contributed by atoms with Crippen LogP contribution in [0.1, 0.15) is 44.6 Å². The molecule has 2 aromatic carbocycles. The molecule has 0 bridgehead atoms. The molecular weight excluding hydrogens is 515 g/mol. The number of nitrogens with zero attached hydrogens (tertiary/aromatic N) is 1. The molecule has 1 aliphatic carbocycles. The quantitative estimate of drug-likeness (QED) is 0.423. The van der Waals surface area contributed by atoms with E-state index in [2.05, 4.69) is 21.2 Å². The van der Waals surface area contributed by atoms with Crippen LogP contribution in [-0.4, -0.2) is 35.4 Å². The topological polar surface area (TPSA) is 58.6 Å². The Morgan fingerprint density at radius 2 is 1.88 bits per heavy atom. The van der Waals surface area contributed by atoms with Crippen molar-refractivity contribution in [2.24, 2.45) is 0 Å². The predicted molar refractivity (Wildman–Crippen MR) is 131 cm³/mol. The third-order valence-corrected chi connectivity index (χ3v) is 6.79. The highest BCUT2D eigenvalue weighted by molar-refractivity contribution is 9.10. The number of rotatable bonds is 9. The molecule has 32 heavy (non-hydrogen) atoms. The van der Waals surface area contributed by atoms with Crippen molar-refractivity contribution in [3.8, 4) is 5.75 Å². The molecule has 172 valence electrons. The average Bonchev–Trinajstić information content (AvgIpc) is 3.27. The van der Waals surface area contributed by atoms with Crippen LogP contribution in [0, 0.1) is 0 Å². The van der Waals surface area contributed by atoms with Gasteiger partial charge in [-0.25, -0.2) is 0 Å². The minimum Gasteiger partial charge on any atom is -0.482 e. The van der Waals surface area contributed by atoms with Gasteiger partial charge in [0.15, 0.2) is 6.61 Å². The maximum Gasteiger partial charge on any atom is 0.261 e. The molecule has 0 radical (unpaired) electrons. The van der Waals surface area contributed by atoms with Crippen molar-refractivity contribution in [1.82, 2.24) is 10.2 Å². The van der Waals surface area contributed by atoms with Crippen LogP contribution >= 0.6 is 39.1 Å². The maximum atomic E-state index is 13.3. The molecule has 0 saturated heterocycles. The van der Waals surface area contributed by atoms with Crippen LogP contribution in [0.15, 0.2) is 46.9 Å². The first-order valence-electron chi connectivity index (χ1n) is 10.8. The molecule has 2 aromatic rings. The second-order valence-corrected chi connectivity index (χ2v) is 9.62. The molecule has 0 heterocycles. The van der Waals surface area contributed by atoms with Gasteiger partial charge in [0.05, 0.1) is 5.02 Å². The first-order valence-corrected chi connectivity index (χ1v) is 12.3. The van der Waals surface area contributed by atoms with Gasteiger partial charge in [0.1, 0.15) is 11.8 Å². The van der Waals surface area contributed by atoms with Crippen LogP contribution in [0.5, 0.6) is 5.75 Å². The van der Waals surface area contributed by atoms with Gasteiger partial charge in [-0.3, -0.25) is 9.59 Å². The number of ether oxygens (including phenoxy) is 1. The molecule has 0 aromatic heterocycles. The van der Waals surface area contributed by atoms with Crippen LogP contribution in [0.4, 0.5) is 0 Å². The lowest BCUT2D eigenvalue weighted by Crippen LogP contribution is -2.52. The highest BCUT2D eigenvalue weighted by atomic mass is 79.9. The zero-order valence-electron chi connectivity index (χ0n) is 18.0. The molecule has 0 unspecified atom stereocenters. The maximum absolute atomic E-state index is 13.3. The van der Waals surface area contributed by atoms with Crippen LogP contribution in [0.25, 0.3) is 0 Å². The molecule has 1 N–H and O–H groups in total. The minimum absolute atomic E-state index is 0.138. The summed E-state index contributed by atoms with van der Waals surface area (Å²) in [6, 6.07) is 12.1. The lowest BCUT2D eigenvalue weighted by Gasteiger charge is -2.31. The monoisotopic (exact) mass is 540 g/mol. The Morgan fingerprint density at radius 1 is 1.16 bits per heavy atom. The summed E-state index contributed by atoms with van der Waals surface area (Å²) in [5.74, 6) is -0.0387. The van der Waals surface area contributed by atoms with E-state index < -0.39 is 6.04 Å². The fourth-order valence-electron chi connectivity index (χ4n) is 3.91. The van der Waals surface area contributed by atoms with Gasteiger partial charge >= 0.3 is 0 Å². The third-order valence-electron chi connectivity index (χ3n) is 5.63. The number of amides is 2. The highest BCUT2D eigenvalue weighted by Gasteiger charge is 2.31. The SMILES string of the molecule is CC[C@H](C(=O)NC1CCCC1)N(Cc1ccccc1Cl)C(=O)COc1ccc(Br)cc1Cl. The van der Waals surface area contributed by atoms with Gasteiger partial charge in [0.2, 0.25) is 5.91 Å². The van der Waals surface area contributed by atoms with Crippen molar-refractivity contribution in [2.75, 3.05) is 6.61 Å². The second kappa shape index (κ2) is 11.9. The summed E-state index contributed by atoms with van der Waals surface area (Å²) >= 11 is 15.9. The normalized spacial score (nSPS) is 14.8. The Balaban J connectivity index is 1.78. The molecule has 0 spiro atoms. The van der Waals surface area contributed by atoms with E-state index in [-0.39, 0.29) is 31.0 Å². The molecule has 2 amide bonds. The van der Waals surface area contributed by atoms with Gasteiger partial charge in [0.25, 0.3) is 5.91 Å². The molecule has 3 rings (SSSR count). The standard InChI is InChI=1S/C24H27BrCl2N2O3/c1-2-21(24(31)28-18-8-4-5-9-18)29(14-16-7-3-6-10-19(16)26)23(30)15-32-22-12-11-17(25)13-20(22)27/h3,6-7,10-13,18,21H,2,4-5,8-9,14-15H2,1H3,(H,28,31)/t21-/m1/s1. The highest BCUT2D eigenvalue weighted by Crippen LogP contribution is 2.28. The lowest BCUT2D eigenvalue weighted by atomic mass is 10.1. The van der Waals surface area contributed by atoms with E-state index in [1.165, 1.54) is 0 Å². The Morgan fingerprint density at radius 3 is 2.53 bits per heavy atom. The Labute approximate surface area is 207 Å². The number of hydrogen-bond donors (Lipinski definition) is 1. The molecule has 0 aliphatic heterocycles. The van der Waals surface area contributed by atoms with Gasteiger partial charge in [-0.05, 0) is 49.1 Å². The smallest absolute Gasteiger partial charge is 0.261 e. The Bertz CT molecular complexity index is 951. The molecule has 1 fully saturated rings. The number of halogens is 3. The Kier molecular flexibility index (Phi) is 9.26. The molecule has 1 saturated carbocycles. The summed E-state index contributed by atoms with van der Waals surface area (Å²) in [6.45, 7) is 1.88. The van der Waals surface area contributed by atoms with Crippen molar-refractivity contribution in [3.05, 3.63) is 62.5 Å². The third kappa shape index (κ3) is 6.63. The van der Waals surface area contributed by atoms with E-state index >= 15 is 0 Å². The van der Waals surface area contributed by atoms with Crippen molar-refractivity contribution >= 4 is 50.9 Å². The summed E-state index contributed by atoms with van der Waals surface area (Å²) < 4.78 is 6.52. The zero-order chi connectivity index (χ0) is 23.1. The van der Waals surface area contributed by atoms with E-state index in [9.17, 15) is 9.59 Å². The summed E-state index contributed by atoms with van der Waals surface area (Å²) in [4.78, 5) is 27.9. The average molecular weight is 542 g/mol. The van der Waals surface area contributed by atoms with Crippen molar-refractivity contribution < 1.29 is 14.3 Å². The first-order chi connectivity index (χ1) is 15.4. The Hall–Kier alpha value is -1.76. The predicted octanol–water partition coefficient (Wildman–Crippen LogP) is 6.00. The van der Waals surface area contributed by atoms with Crippen molar-refractivity contribution in [1.29, 1.82) is 0 Å². The zero-order valence-corrected chi connectivity index (χ0v) is 21.0. The molecule has 8 heteroatoms. The number of carbonyl (C=O) groups excluding carboxylic acids is 2. The van der Waals surface area contributed by atoms with Gasteiger partial charge in [0, 0.05) is 22.1 Å².